The molecule has 11 heteroatoms. The topological polar surface area (TPSA) is 96.3 Å². The van der Waals surface area contributed by atoms with Crippen molar-refractivity contribution in [1.29, 1.82) is 0 Å². The van der Waals surface area contributed by atoms with E-state index in [1.165, 1.54) is 23.9 Å². The van der Waals surface area contributed by atoms with Gasteiger partial charge >= 0.3 is 6.61 Å². The third-order valence-corrected chi connectivity index (χ3v) is 7.40. The molecule has 1 saturated carbocycles. The molecule has 2 aliphatic heterocycles. The summed E-state index contributed by atoms with van der Waals surface area (Å²) in [6.45, 7) is -0.744. The number of carbonyl (C=O) groups excluding carboxylic acids is 1. The van der Waals surface area contributed by atoms with E-state index in [9.17, 15) is 13.6 Å². The molecule has 0 aromatic carbocycles. The van der Waals surface area contributed by atoms with Crippen molar-refractivity contribution in [1.82, 2.24) is 30.5 Å². The van der Waals surface area contributed by atoms with Crippen LogP contribution in [0.3, 0.4) is 0 Å². The fraction of sp³-hybridized carbons (Fsp3) is 0.609. The predicted octanol–water partition coefficient (Wildman–Crippen LogP) is 2.51. The molecule has 4 atom stereocenters. The second-order valence-corrected chi connectivity index (χ2v) is 9.59. The van der Waals surface area contributed by atoms with Crippen LogP contribution in [-0.4, -0.2) is 64.4 Å². The summed E-state index contributed by atoms with van der Waals surface area (Å²) in [5.41, 5.74) is 8.13. The van der Waals surface area contributed by atoms with Crippen LogP contribution in [0.2, 0.25) is 0 Å². The molecule has 184 valence electrons. The van der Waals surface area contributed by atoms with Crippen LogP contribution in [0, 0.1) is 5.92 Å². The van der Waals surface area contributed by atoms with Crippen LogP contribution >= 0.6 is 0 Å². The number of ether oxygens (including phenoxy) is 1. The first-order valence-corrected chi connectivity index (χ1v) is 11.9. The Morgan fingerprint density at radius 3 is 2.74 bits per heavy atom. The summed E-state index contributed by atoms with van der Waals surface area (Å²) in [7, 11) is 2.16. The molecule has 0 spiro atoms. The van der Waals surface area contributed by atoms with Gasteiger partial charge in [0, 0.05) is 24.2 Å². The van der Waals surface area contributed by atoms with E-state index < -0.39 is 12.7 Å². The molecule has 1 amide bonds. The van der Waals surface area contributed by atoms with E-state index in [-0.39, 0.29) is 23.7 Å². The Kier molecular flexibility index (Phi) is 6.75. The summed E-state index contributed by atoms with van der Waals surface area (Å²) in [5, 5.41) is 7.52. The normalized spacial score (nSPS) is 28.1. The average molecular weight is 476 g/mol. The van der Waals surface area contributed by atoms with E-state index in [1.807, 2.05) is 6.20 Å². The molecule has 4 unspecified atom stereocenters. The summed E-state index contributed by atoms with van der Waals surface area (Å²) < 4.78 is 31.0. The average Bonchev–Trinajstić information content (AvgIpc) is 3.48. The molecule has 9 nitrogen and oxygen atoms in total. The van der Waals surface area contributed by atoms with Crippen LogP contribution < -0.4 is 20.9 Å². The number of fused-ring (bicyclic) bond motifs is 1. The number of amides is 1. The van der Waals surface area contributed by atoms with Gasteiger partial charge in [0.2, 0.25) is 11.8 Å². The number of alkyl halides is 2. The van der Waals surface area contributed by atoms with Crippen molar-refractivity contribution in [2.24, 2.45) is 5.92 Å². The summed E-state index contributed by atoms with van der Waals surface area (Å²) >= 11 is 0. The van der Waals surface area contributed by atoms with Gasteiger partial charge in [-0.25, -0.2) is 10.4 Å². The van der Waals surface area contributed by atoms with Gasteiger partial charge < -0.3 is 15.0 Å². The Balaban J connectivity index is 1.20. The molecule has 3 fully saturated rings. The Morgan fingerprint density at radius 1 is 1.18 bits per heavy atom. The minimum absolute atomic E-state index is 0.139. The van der Waals surface area contributed by atoms with Gasteiger partial charge in [-0.1, -0.05) is 0 Å². The number of hydrogen-bond acceptors (Lipinski definition) is 7. The number of likely N-dealkylation sites (tertiary alicyclic amines) is 1. The fourth-order valence-electron chi connectivity index (χ4n) is 5.48. The molecule has 4 heterocycles. The maximum absolute atomic E-state index is 13.0. The number of pyridine rings is 1. The Labute approximate surface area is 197 Å². The number of anilines is 1. The first kappa shape index (κ1) is 23.1. The zero-order chi connectivity index (χ0) is 23.7. The minimum atomic E-state index is -2.94. The van der Waals surface area contributed by atoms with Crippen LogP contribution in [0.15, 0.2) is 30.7 Å². The smallest absolute Gasteiger partial charge is 0.388 e. The highest BCUT2D eigenvalue weighted by Gasteiger charge is 2.44. The van der Waals surface area contributed by atoms with E-state index >= 15 is 0 Å². The maximum Gasteiger partial charge on any atom is 0.388 e. The van der Waals surface area contributed by atoms with Crippen molar-refractivity contribution >= 4 is 11.6 Å². The molecule has 1 aliphatic carbocycles. The lowest BCUT2D eigenvalue weighted by Gasteiger charge is -2.32. The van der Waals surface area contributed by atoms with Crippen molar-refractivity contribution in [2.75, 3.05) is 25.5 Å². The Bertz CT molecular complexity index is 978. The summed E-state index contributed by atoms with van der Waals surface area (Å²) in [4.78, 5) is 19.2. The van der Waals surface area contributed by atoms with Crippen LogP contribution in [-0.2, 0) is 4.79 Å². The number of aromatic nitrogens is 3. The van der Waals surface area contributed by atoms with Gasteiger partial charge in [-0.3, -0.25) is 14.9 Å². The van der Waals surface area contributed by atoms with Crippen molar-refractivity contribution in [3.63, 3.8) is 0 Å². The Morgan fingerprint density at radius 2 is 2.00 bits per heavy atom. The number of piperidine rings is 1. The molecule has 0 bridgehead atoms. The standard InChI is InChI=1S/C23H31F2N7O2/c1-31-8-6-17(7-9-31)32-13-15(11-27-32)14-2-4-19-18(10-14)21(30-29-19)22(33)28-16-3-5-20(26-12-16)34-23(24)25/h3,5,11-14,17-19,21,23,29-30H,2,4,6-10H2,1H3,(H,28,33). The highest BCUT2D eigenvalue weighted by molar-refractivity contribution is 5.95. The van der Waals surface area contributed by atoms with Gasteiger partial charge in [-0.05, 0) is 69.8 Å². The number of hydrogen-bond donors (Lipinski definition) is 3. The second-order valence-electron chi connectivity index (χ2n) is 9.59. The molecule has 3 aliphatic rings. The predicted molar refractivity (Wildman–Crippen MR) is 121 cm³/mol. The molecular formula is C23H31F2N7O2. The van der Waals surface area contributed by atoms with Crippen molar-refractivity contribution in [2.45, 2.75) is 62.8 Å². The fourth-order valence-corrected chi connectivity index (χ4v) is 5.48. The largest absolute Gasteiger partial charge is 0.417 e. The SMILES string of the molecule is CN1CCC(n2cc(C3CCC4NNC(C(=O)Nc5ccc(OC(F)F)nc5)C4C3)cn2)CC1. The van der Waals surface area contributed by atoms with Crippen LogP contribution in [0.4, 0.5) is 14.5 Å². The van der Waals surface area contributed by atoms with Gasteiger partial charge in [0.15, 0.2) is 0 Å². The quantitative estimate of drug-likeness (QED) is 0.591. The van der Waals surface area contributed by atoms with E-state index in [0.29, 0.717) is 17.6 Å². The summed E-state index contributed by atoms with van der Waals surface area (Å²) in [6.07, 6.45) is 10.7. The summed E-state index contributed by atoms with van der Waals surface area (Å²) in [5.74, 6) is 0.141. The second kappa shape index (κ2) is 9.93. The third kappa shape index (κ3) is 5.06. The van der Waals surface area contributed by atoms with E-state index in [2.05, 4.69) is 53.8 Å². The van der Waals surface area contributed by atoms with Crippen LogP contribution in [0.25, 0.3) is 0 Å². The number of halogens is 2. The van der Waals surface area contributed by atoms with Crippen LogP contribution in [0.5, 0.6) is 5.88 Å². The van der Waals surface area contributed by atoms with Crippen LogP contribution in [0.1, 0.15) is 49.6 Å². The molecule has 0 radical (unpaired) electrons. The molecule has 2 aromatic heterocycles. The van der Waals surface area contributed by atoms with Gasteiger partial charge in [0.1, 0.15) is 6.04 Å². The first-order valence-electron chi connectivity index (χ1n) is 11.9. The lowest BCUT2D eigenvalue weighted by Crippen LogP contribution is -2.42. The number of nitrogens with zero attached hydrogens (tertiary/aromatic N) is 4. The van der Waals surface area contributed by atoms with E-state index in [1.54, 1.807) is 0 Å². The zero-order valence-corrected chi connectivity index (χ0v) is 19.2. The lowest BCUT2D eigenvalue weighted by atomic mass is 9.74. The maximum atomic E-state index is 13.0. The van der Waals surface area contributed by atoms with Gasteiger partial charge in [-0.15, -0.1) is 0 Å². The molecule has 34 heavy (non-hydrogen) atoms. The third-order valence-electron chi connectivity index (χ3n) is 7.40. The number of rotatable bonds is 6. The van der Waals surface area contributed by atoms with Gasteiger partial charge in [0.05, 0.1) is 24.1 Å². The highest BCUT2D eigenvalue weighted by Crippen LogP contribution is 2.40. The number of nitrogens with one attached hydrogen (secondary N) is 3. The zero-order valence-electron chi connectivity index (χ0n) is 19.2. The molecule has 2 saturated heterocycles. The van der Waals surface area contributed by atoms with Gasteiger partial charge in [0.25, 0.3) is 0 Å². The van der Waals surface area contributed by atoms with Crippen molar-refractivity contribution in [3.8, 4) is 5.88 Å². The minimum Gasteiger partial charge on any atom is -0.417 e. The molecule has 3 N–H and O–H groups in total. The van der Waals surface area contributed by atoms with Crippen molar-refractivity contribution in [3.05, 3.63) is 36.3 Å². The first-order chi connectivity index (χ1) is 16.5. The highest BCUT2D eigenvalue weighted by atomic mass is 19.3. The van der Waals surface area contributed by atoms with E-state index in [0.717, 1.165) is 45.2 Å². The molecule has 2 aromatic rings. The summed E-state index contributed by atoms with van der Waals surface area (Å²) in [6, 6.07) is 3.11. The lowest BCUT2D eigenvalue weighted by molar-refractivity contribution is -0.119. The monoisotopic (exact) mass is 475 g/mol. The Hall–Kier alpha value is -2.63. The molecular weight excluding hydrogens is 444 g/mol. The molecule has 5 rings (SSSR count). The van der Waals surface area contributed by atoms with Crippen molar-refractivity contribution < 1.29 is 18.3 Å². The number of hydrazine groups is 1. The number of carbonyl (C=O) groups is 1. The van der Waals surface area contributed by atoms with E-state index in [4.69, 9.17) is 0 Å². The van der Waals surface area contributed by atoms with Gasteiger partial charge in [-0.2, -0.15) is 13.9 Å².